The van der Waals surface area contributed by atoms with Crippen LogP contribution in [0.25, 0.3) is 0 Å². The van der Waals surface area contributed by atoms with Crippen molar-refractivity contribution in [3.05, 3.63) is 34.9 Å². The van der Waals surface area contributed by atoms with Gasteiger partial charge in [0.15, 0.2) is 0 Å². The molecule has 1 aliphatic heterocycles. The van der Waals surface area contributed by atoms with Crippen LogP contribution in [-0.4, -0.2) is 47.8 Å². The Balaban J connectivity index is 1.67. The van der Waals surface area contributed by atoms with Crippen molar-refractivity contribution in [2.45, 2.75) is 39.5 Å². The normalized spacial score (nSPS) is 18.4. The first-order valence-corrected chi connectivity index (χ1v) is 8.66. The number of amides is 2. The Labute approximate surface area is 138 Å². The van der Waals surface area contributed by atoms with Crippen LogP contribution in [0.5, 0.6) is 0 Å². The first-order valence-electron chi connectivity index (χ1n) is 8.66. The molecule has 3 rings (SSSR count). The van der Waals surface area contributed by atoms with Gasteiger partial charge in [-0.3, -0.25) is 9.59 Å². The summed E-state index contributed by atoms with van der Waals surface area (Å²) < 4.78 is 0. The van der Waals surface area contributed by atoms with Crippen LogP contribution in [0.15, 0.2) is 18.2 Å². The molecule has 2 fully saturated rings. The second-order valence-electron chi connectivity index (χ2n) is 7.12. The summed E-state index contributed by atoms with van der Waals surface area (Å²) in [6.07, 6.45) is 2.08. The number of hydrogen-bond acceptors (Lipinski definition) is 2. The van der Waals surface area contributed by atoms with Gasteiger partial charge in [0.05, 0.1) is 0 Å². The Morgan fingerprint density at radius 2 is 1.65 bits per heavy atom. The van der Waals surface area contributed by atoms with Crippen LogP contribution >= 0.6 is 0 Å². The molecular formula is C19H26N2O2. The van der Waals surface area contributed by atoms with E-state index >= 15 is 0 Å². The number of benzene rings is 1. The van der Waals surface area contributed by atoms with Gasteiger partial charge in [0.25, 0.3) is 5.91 Å². The van der Waals surface area contributed by atoms with Gasteiger partial charge >= 0.3 is 0 Å². The van der Waals surface area contributed by atoms with Crippen molar-refractivity contribution in [3.63, 3.8) is 0 Å². The number of rotatable bonds is 3. The number of nitrogens with zero attached hydrogens (tertiary/aromatic N) is 2. The molecule has 1 aromatic rings. The molecular weight excluding hydrogens is 288 g/mol. The van der Waals surface area contributed by atoms with Crippen molar-refractivity contribution < 1.29 is 9.59 Å². The number of carbonyl (C=O) groups is 2. The molecule has 1 saturated heterocycles. The van der Waals surface area contributed by atoms with E-state index in [4.69, 9.17) is 0 Å². The molecule has 0 aromatic heterocycles. The monoisotopic (exact) mass is 314 g/mol. The van der Waals surface area contributed by atoms with E-state index in [-0.39, 0.29) is 17.7 Å². The van der Waals surface area contributed by atoms with Gasteiger partial charge in [-0.2, -0.15) is 0 Å². The zero-order chi connectivity index (χ0) is 16.6. The third kappa shape index (κ3) is 3.41. The fourth-order valence-corrected chi connectivity index (χ4v) is 3.12. The van der Waals surface area contributed by atoms with E-state index in [2.05, 4.69) is 19.9 Å². The lowest BCUT2D eigenvalue weighted by molar-refractivity contribution is -0.134. The standard InChI is InChI=1S/C19H26N2O2/c1-13(2)16-5-4-14(3)17(12-16)19(23)21-10-8-20(9-11-21)18(22)15-6-7-15/h4-5,12-13,15H,6-11H2,1-3H3. The van der Waals surface area contributed by atoms with E-state index in [9.17, 15) is 9.59 Å². The molecule has 0 radical (unpaired) electrons. The quantitative estimate of drug-likeness (QED) is 0.861. The highest BCUT2D eigenvalue weighted by atomic mass is 16.2. The number of hydrogen-bond donors (Lipinski definition) is 0. The Morgan fingerprint density at radius 3 is 2.22 bits per heavy atom. The highest BCUT2D eigenvalue weighted by molar-refractivity contribution is 5.96. The Hall–Kier alpha value is -1.84. The molecule has 0 spiro atoms. The van der Waals surface area contributed by atoms with Gasteiger partial charge in [-0.15, -0.1) is 0 Å². The summed E-state index contributed by atoms with van der Waals surface area (Å²) >= 11 is 0. The molecule has 4 nitrogen and oxygen atoms in total. The molecule has 2 aliphatic rings. The highest BCUT2D eigenvalue weighted by Gasteiger charge is 2.35. The van der Waals surface area contributed by atoms with Gasteiger partial charge < -0.3 is 9.80 Å². The molecule has 1 heterocycles. The third-order valence-electron chi connectivity index (χ3n) is 4.96. The molecule has 0 N–H and O–H groups in total. The van der Waals surface area contributed by atoms with Crippen LogP contribution in [0.4, 0.5) is 0 Å². The van der Waals surface area contributed by atoms with E-state index in [1.807, 2.05) is 28.9 Å². The zero-order valence-electron chi connectivity index (χ0n) is 14.3. The summed E-state index contributed by atoms with van der Waals surface area (Å²) in [7, 11) is 0. The van der Waals surface area contributed by atoms with Crippen LogP contribution in [-0.2, 0) is 4.79 Å². The van der Waals surface area contributed by atoms with Crippen LogP contribution in [0, 0.1) is 12.8 Å². The number of aryl methyl sites for hydroxylation is 1. The van der Waals surface area contributed by atoms with Crippen LogP contribution < -0.4 is 0 Å². The largest absolute Gasteiger partial charge is 0.339 e. The van der Waals surface area contributed by atoms with E-state index in [1.54, 1.807) is 0 Å². The van der Waals surface area contributed by atoms with Gasteiger partial charge in [-0.1, -0.05) is 26.0 Å². The molecule has 1 saturated carbocycles. The van der Waals surface area contributed by atoms with Gasteiger partial charge in [0, 0.05) is 37.7 Å². The smallest absolute Gasteiger partial charge is 0.254 e. The molecule has 124 valence electrons. The second-order valence-corrected chi connectivity index (χ2v) is 7.12. The van der Waals surface area contributed by atoms with Crippen molar-refractivity contribution >= 4 is 11.8 Å². The lowest BCUT2D eigenvalue weighted by atomic mass is 9.97. The SMILES string of the molecule is Cc1ccc(C(C)C)cc1C(=O)N1CCN(C(=O)C2CC2)CC1. The number of carbonyl (C=O) groups excluding carboxylic acids is 2. The average molecular weight is 314 g/mol. The predicted octanol–water partition coefficient (Wildman–Crippen LogP) is 2.81. The third-order valence-corrected chi connectivity index (χ3v) is 4.96. The fourth-order valence-electron chi connectivity index (χ4n) is 3.12. The first kappa shape index (κ1) is 16.0. The van der Waals surface area contributed by atoms with Gasteiger partial charge in [0.2, 0.25) is 5.91 Å². The first-order chi connectivity index (χ1) is 11.0. The zero-order valence-corrected chi connectivity index (χ0v) is 14.3. The van der Waals surface area contributed by atoms with Gasteiger partial charge in [-0.05, 0) is 42.9 Å². The maximum Gasteiger partial charge on any atom is 0.254 e. The molecule has 4 heteroatoms. The van der Waals surface area contributed by atoms with Crippen molar-refractivity contribution in [3.8, 4) is 0 Å². The van der Waals surface area contributed by atoms with Crippen molar-refractivity contribution in [2.24, 2.45) is 5.92 Å². The minimum absolute atomic E-state index is 0.100. The molecule has 0 unspecified atom stereocenters. The van der Waals surface area contributed by atoms with E-state index < -0.39 is 0 Å². The lowest BCUT2D eigenvalue weighted by Crippen LogP contribution is -2.51. The molecule has 1 aromatic carbocycles. The summed E-state index contributed by atoms with van der Waals surface area (Å²) in [5.41, 5.74) is 3.02. The molecule has 0 bridgehead atoms. The average Bonchev–Trinajstić information content (AvgIpc) is 3.39. The Morgan fingerprint density at radius 1 is 1.04 bits per heavy atom. The van der Waals surface area contributed by atoms with Gasteiger partial charge in [0.1, 0.15) is 0 Å². The van der Waals surface area contributed by atoms with Crippen LogP contribution in [0.3, 0.4) is 0 Å². The fraction of sp³-hybridized carbons (Fsp3) is 0.579. The maximum atomic E-state index is 12.8. The summed E-state index contributed by atoms with van der Waals surface area (Å²) in [5.74, 6) is 1.07. The second kappa shape index (κ2) is 6.34. The Kier molecular flexibility index (Phi) is 4.42. The van der Waals surface area contributed by atoms with E-state index in [0.29, 0.717) is 32.1 Å². The number of piperazine rings is 1. The van der Waals surface area contributed by atoms with E-state index in [0.717, 1.165) is 24.0 Å². The summed E-state index contributed by atoms with van der Waals surface area (Å²) in [6.45, 7) is 8.89. The minimum Gasteiger partial charge on any atom is -0.339 e. The topological polar surface area (TPSA) is 40.6 Å². The van der Waals surface area contributed by atoms with Crippen LogP contribution in [0.1, 0.15) is 54.1 Å². The van der Waals surface area contributed by atoms with Gasteiger partial charge in [-0.25, -0.2) is 0 Å². The summed E-state index contributed by atoms with van der Waals surface area (Å²) in [4.78, 5) is 28.8. The van der Waals surface area contributed by atoms with Crippen molar-refractivity contribution in [1.82, 2.24) is 9.80 Å². The molecule has 1 aliphatic carbocycles. The molecule has 2 amide bonds. The molecule has 0 atom stereocenters. The van der Waals surface area contributed by atoms with Crippen molar-refractivity contribution in [1.29, 1.82) is 0 Å². The van der Waals surface area contributed by atoms with Crippen LogP contribution in [0.2, 0.25) is 0 Å². The minimum atomic E-state index is 0.100. The molecule has 23 heavy (non-hydrogen) atoms. The summed E-state index contributed by atoms with van der Waals surface area (Å²) in [5, 5.41) is 0. The van der Waals surface area contributed by atoms with E-state index in [1.165, 1.54) is 5.56 Å². The maximum absolute atomic E-state index is 12.8. The van der Waals surface area contributed by atoms with Crippen molar-refractivity contribution in [2.75, 3.05) is 26.2 Å². The lowest BCUT2D eigenvalue weighted by Gasteiger charge is -2.35. The Bertz CT molecular complexity index is 612. The predicted molar refractivity (Wildman–Crippen MR) is 90.5 cm³/mol. The highest BCUT2D eigenvalue weighted by Crippen LogP contribution is 2.31. The summed E-state index contributed by atoms with van der Waals surface area (Å²) in [6, 6.07) is 6.17.